The highest BCUT2D eigenvalue weighted by Gasteiger charge is 2.29. The van der Waals surface area contributed by atoms with Gasteiger partial charge in [-0.2, -0.15) is 0 Å². The van der Waals surface area contributed by atoms with E-state index in [1.54, 1.807) is 19.1 Å². The van der Waals surface area contributed by atoms with Crippen LogP contribution in [0.1, 0.15) is 23.6 Å². The molecule has 0 saturated carbocycles. The highest BCUT2D eigenvalue weighted by atomic mass is 19.1. The first-order valence-electron chi connectivity index (χ1n) is 8.02. The minimum atomic E-state index is -0.630. The molecule has 2 amide bonds. The predicted octanol–water partition coefficient (Wildman–Crippen LogP) is 2.16. The highest BCUT2D eigenvalue weighted by molar-refractivity contribution is 5.88. The number of hydrogen-bond acceptors (Lipinski definition) is 3. The van der Waals surface area contributed by atoms with Crippen LogP contribution >= 0.6 is 0 Å². The number of benzene rings is 2. The van der Waals surface area contributed by atoms with Crippen LogP contribution in [0.5, 0.6) is 5.75 Å². The molecule has 0 spiro atoms. The minimum absolute atomic E-state index is 0.130. The molecule has 6 heteroatoms. The summed E-state index contributed by atoms with van der Waals surface area (Å²) in [5.41, 5.74) is 8.02. The van der Waals surface area contributed by atoms with E-state index in [9.17, 15) is 14.0 Å². The van der Waals surface area contributed by atoms with Gasteiger partial charge < -0.3 is 15.4 Å². The normalized spacial score (nSPS) is 14.8. The largest absolute Gasteiger partial charge is 0.489 e. The fraction of sp³-hybridized carbons (Fsp3) is 0.263. The Morgan fingerprint density at radius 2 is 1.96 bits per heavy atom. The first kappa shape index (κ1) is 17.0. The second-order valence-electron chi connectivity index (χ2n) is 6.12. The fourth-order valence-electron chi connectivity index (χ4n) is 2.80. The van der Waals surface area contributed by atoms with Crippen LogP contribution in [0.2, 0.25) is 0 Å². The maximum absolute atomic E-state index is 12.9. The monoisotopic (exact) mass is 342 g/mol. The van der Waals surface area contributed by atoms with Gasteiger partial charge in [0.25, 0.3) is 0 Å². The van der Waals surface area contributed by atoms with Crippen molar-refractivity contribution in [2.24, 2.45) is 5.73 Å². The summed E-state index contributed by atoms with van der Waals surface area (Å²) in [6, 6.07) is 11.0. The molecule has 5 nitrogen and oxygen atoms in total. The standard InChI is InChI=1S/C19H19FN2O3/c1-12(19(21)24)22-10-14-4-7-17(8-15(14)9-18(22)23)25-11-13-2-5-16(20)6-3-13/h2-8,12H,9-11H2,1H3,(H2,21,24)/t12-/m1/s1. The Morgan fingerprint density at radius 1 is 1.24 bits per heavy atom. The van der Waals surface area contributed by atoms with Crippen LogP contribution in [0.25, 0.3) is 0 Å². The van der Waals surface area contributed by atoms with Gasteiger partial charge in [0.2, 0.25) is 11.8 Å². The van der Waals surface area contributed by atoms with Crippen LogP contribution in [-0.2, 0) is 29.2 Å². The zero-order chi connectivity index (χ0) is 18.0. The van der Waals surface area contributed by atoms with Crippen LogP contribution < -0.4 is 10.5 Å². The number of rotatable bonds is 5. The molecule has 0 radical (unpaired) electrons. The minimum Gasteiger partial charge on any atom is -0.489 e. The average molecular weight is 342 g/mol. The van der Waals surface area contributed by atoms with E-state index in [0.717, 1.165) is 16.7 Å². The average Bonchev–Trinajstić information content (AvgIpc) is 2.59. The fourth-order valence-corrected chi connectivity index (χ4v) is 2.80. The summed E-state index contributed by atoms with van der Waals surface area (Å²) >= 11 is 0. The van der Waals surface area contributed by atoms with Gasteiger partial charge in [-0.1, -0.05) is 18.2 Å². The molecule has 2 aromatic carbocycles. The second-order valence-corrected chi connectivity index (χ2v) is 6.12. The van der Waals surface area contributed by atoms with Gasteiger partial charge in [0, 0.05) is 6.54 Å². The summed E-state index contributed by atoms with van der Waals surface area (Å²) in [5.74, 6) is -0.288. The molecule has 0 aromatic heterocycles. The third-order valence-electron chi connectivity index (χ3n) is 4.38. The molecular weight excluding hydrogens is 323 g/mol. The van der Waals surface area contributed by atoms with Gasteiger partial charge in [-0.05, 0) is 47.9 Å². The number of carbonyl (C=O) groups is 2. The zero-order valence-electron chi connectivity index (χ0n) is 13.9. The van der Waals surface area contributed by atoms with E-state index >= 15 is 0 Å². The summed E-state index contributed by atoms with van der Waals surface area (Å²) in [4.78, 5) is 25.1. The van der Waals surface area contributed by atoms with Gasteiger partial charge in [-0.25, -0.2) is 4.39 Å². The zero-order valence-corrected chi connectivity index (χ0v) is 13.9. The molecular formula is C19H19FN2O3. The SMILES string of the molecule is C[C@H](C(N)=O)N1Cc2ccc(OCc3ccc(F)cc3)cc2CC1=O. The van der Waals surface area contributed by atoms with E-state index in [4.69, 9.17) is 10.5 Å². The van der Waals surface area contributed by atoms with E-state index < -0.39 is 11.9 Å². The molecule has 0 bridgehead atoms. The molecule has 1 aliphatic rings. The van der Waals surface area contributed by atoms with Crippen molar-refractivity contribution in [1.29, 1.82) is 0 Å². The Labute approximate surface area is 145 Å². The van der Waals surface area contributed by atoms with E-state index in [1.807, 2.05) is 18.2 Å². The number of fused-ring (bicyclic) bond motifs is 1. The van der Waals surface area contributed by atoms with Crippen molar-refractivity contribution in [2.75, 3.05) is 0 Å². The molecule has 2 aromatic rings. The van der Waals surface area contributed by atoms with Gasteiger partial charge in [-0.15, -0.1) is 0 Å². The van der Waals surface area contributed by atoms with E-state index in [0.29, 0.717) is 18.9 Å². The lowest BCUT2D eigenvalue weighted by atomic mass is 9.97. The van der Waals surface area contributed by atoms with Crippen molar-refractivity contribution in [1.82, 2.24) is 4.90 Å². The summed E-state index contributed by atoms with van der Waals surface area (Å²) < 4.78 is 18.6. The molecule has 0 fully saturated rings. The topological polar surface area (TPSA) is 72.6 Å². The van der Waals surface area contributed by atoms with Crippen molar-refractivity contribution in [2.45, 2.75) is 32.5 Å². The molecule has 0 unspecified atom stereocenters. The van der Waals surface area contributed by atoms with Crippen molar-refractivity contribution in [3.63, 3.8) is 0 Å². The number of halogens is 1. The van der Waals surface area contributed by atoms with Crippen LogP contribution in [0.15, 0.2) is 42.5 Å². The number of ether oxygens (including phenoxy) is 1. The number of nitrogens with two attached hydrogens (primary N) is 1. The quantitative estimate of drug-likeness (QED) is 0.905. The number of carbonyl (C=O) groups excluding carboxylic acids is 2. The smallest absolute Gasteiger partial charge is 0.239 e. The molecule has 0 aliphatic carbocycles. The summed E-state index contributed by atoms with van der Waals surface area (Å²) in [7, 11) is 0. The van der Waals surface area contributed by atoms with Gasteiger partial charge in [0.05, 0.1) is 6.42 Å². The third-order valence-corrected chi connectivity index (χ3v) is 4.38. The van der Waals surface area contributed by atoms with Crippen molar-refractivity contribution in [3.05, 3.63) is 65.0 Å². The lowest BCUT2D eigenvalue weighted by Gasteiger charge is -2.32. The Balaban J connectivity index is 1.71. The number of primary amides is 1. The van der Waals surface area contributed by atoms with Crippen molar-refractivity contribution < 1.29 is 18.7 Å². The molecule has 3 rings (SSSR count). The molecule has 25 heavy (non-hydrogen) atoms. The second kappa shape index (κ2) is 6.93. The van der Waals surface area contributed by atoms with Gasteiger partial charge in [-0.3, -0.25) is 9.59 Å². The molecule has 1 aliphatic heterocycles. The number of nitrogens with zero attached hydrogens (tertiary/aromatic N) is 1. The molecule has 1 atom stereocenters. The van der Waals surface area contributed by atoms with Crippen LogP contribution in [-0.4, -0.2) is 22.8 Å². The van der Waals surface area contributed by atoms with Crippen molar-refractivity contribution >= 4 is 11.8 Å². The highest BCUT2D eigenvalue weighted by Crippen LogP contribution is 2.26. The maximum atomic E-state index is 12.9. The van der Waals surface area contributed by atoms with Gasteiger partial charge >= 0.3 is 0 Å². The third kappa shape index (κ3) is 3.79. The van der Waals surface area contributed by atoms with E-state index in [-0.39, 0.29) is 18.1 Å². The Kier molecular flexibility index (Phi) is 4.70. The Hall–Kier alpha value is -2.89. The number of hydrogen-bond donors (Lipinski definition) is 1. The van der Waals surface area contributed by atoms with Crippen LogP contribution in [0.4, 0.5) is 4.39 Å². The number of amides is 2. The van der Waals surface area contributed by atoms with Crippen molar-refractivity contribution in [3.8, 4) is 5.75 Å². The maximum Gasteiger partial charge on any atom is 0.239 e. The van der Waals surface area contributed by atoms with E-state index in [1.165, 1.54) is 17.0 Å². The van der Waals surface area contributed by atoms with Gasteiger partial charge in [0.15, 0.2) is 0 Å². The van der Waals surface area contributed by atoms with E-state index in [2.05, 4.69) is 0 Å². The van der Waals surface area contributed by atoms with Gasteiger partial charge in [0.1, 0.15) is 24.2 Å². The van der Waals surface area contributed by atoms with Crippen LogP contribution in [0, 0.1) is 5.82 Å². The lowest BCUT2D eigenvalue weighted by molar-refractivity contribution is -0.139. The molecule has 130 valence electrons. The van der Waals surface area contributed by atoms with Crippen LogP contribution in [0.3, 0.4) is 0 Å². The predicted molar refractivity (Wildman–Crippen MR) is 90.1 cm³/mol. The first-order valence-corrected chi connectivity index (χ1v) is 8.02. The molecule has 1 heterocycles. The summed E-state index contributed by atoms with van der Waals surface area (Å²) in [6.07, 6.45) is 0.209. The summed E-state index contributed by atoms with van der Waals surface area (Å²) in [5, 5.41) is 0. The lowest BCUT2D eigenvalue weighted by Crippen LogP contribution is -2.48. The Morgan fingerprint density at radius 3 is 2.64 bits per heavy atom. The first-order chi connectivity index (χ1) is 11.9. The molecule has 2 N–H and O–H groups in total. The Bertz CT molecular complexity index is 805. The summed E-state index contributed by atoms with van der Waals surface area (Å²) in [6.45, 7) is 2.31. The molecule has 0 saturated heterocycles.